The predicted molar refractivity (Wildman–Crippen MR) is 90.8 cm³/mol. The fourth-order valence-electron chi connectivity index (χ4n) is 2.83. The van der Waals surface area contributed by atoms with E-state index < -0.39 is 0 Å². The van der Waals surface area contributed by atoms with Gasteiger partial charge in [0.05, 0.1) is 0 Å². The summed E-state index contributed by atoms with van der Waals surface area (Å²) in [6.45, 7) is 2.08. The number of aryl methyl sites for hydroxylation is 1. The van der Waals surface area contributed by atoms with Gasteiger partial charge in [0.2, 0.25) is 0 Å². The zero-order valence-electron chi connectivity index (χ0n) is 12.0. The van der Waals surface area contributed by atoms with Crippen molar-refractivity contribution < 1.29 is 0 Å². The van der Waals surface area contributed by atoms with Crippen LogP contribution >= 0.6 is 11.6 Å². The van der Waals surface area contributed by atoms with Crippen LogP contribution in [0, 0.1) is 6.92 Å². The lowest BCUT2D eigenvalue weighted by atomic mass is 9.93. The van der Waals surface area contributed by atoms with Gasteiger partial charge in [-0.1, -0.05) is 60.1 Å². The summed E-state index contributed by atoms with van der Waals surface area (Å²) < 4.78 is 0. The Hall–Kier alpha value is -1.83. The molecule has 0 radical (unpaired) electrons. The molecule has 0 saturated carbocycles. The smallest absolute Gasteiger partial charge is 0.0409 e. The van der Waals surface area contributed by atoms with Crippen molar-refractivity contribution in [2.45, 2.75) is 19.4 Å². The van der Waals surface area contributed by atoms with Crippen LogP contribution in [0.2, 0.25) is 5.02 Å². The zero-order chi connectivity index (χ0) is 14.8. The van der Waals surface area contributed by atoms with E-state index in [0.717, 1.165) is 17.0 Å². The average molecular weight is 296 g/mol. The van der Waals surface area contributed by atoms with Crippen molar-refractivity contribution in [2.75, 3.05) is 0 Å². The van der Waals surface area contributed by atoms with Crippen LogP contribution in [0.1, 0.15) is 22.7 Å². The van der Waals surface area contributed by atoms with E-state index in [2.05, 4.69) is 49.4 Å². The first-order valence-electron chi connectivity index (χ1n) is 7.13. The molecule has 3 aromatic carbocycles. The van der Waals surface area contributed by atoms with E-state index in [0.29, 0.717) is 0 Å². The van der Waals surface area contributed by atoms with Crippen LogP contribution in [0.5, 0.6) is 0 Å². The predicted octanol–water partition coefficient (Wildman–Crippen LogP) is 5.04. The van der Waals surface area contributed by atoms with E-state index in [-0.39, 0.29) is 6.04 Å². The molecule has 0 amide bonds. The van der Waals surface area contributed by atoms with Crippen LogP contribution < -0.4 is 5.73 Å². The summed E-state index contributed by atoms with van der Waals surface area (Å²) in [5, 5.41) is 3.27. The van der Waals surface area contributed by atoms with Crippen LogP contribution in [-0.2, 0) is 6.42 Å². The molecule has 1 unspecified atom stereocenters. The van der Waals surface area contributed by atoms with Gasteiger partial charge in [-0.2, -0.15) is 0 Å². The summed E-state index contributed by atoms with van der Waals surface area (Å²) in [7, 11) is 0. The Morgan fingerprint density at radius 2 is 1.76 bits per heavy atom. The van der Waals surface area contributed by atoms with Crippen LogP contribution in [0.25, 0.3) is 10.8 Å². The molecule has 3 rings (SSSR count). The summed E-state index contributed by atoms with van der Waals surface area (Å²) in [6, 6.07) is 20.7. The normalized spacial score (nSPS) is 12.5. The molecule has 0 fully saturated rings. The van der Waals surface area contributed by atoms with Crippen LogP contribution in [-0.4, -0.2) is 0 Å². The lowest BCUT2D eigenvalue weighted by Gasteiger charge is -2.16. The highest BCUT2D eigenvalue weighted by molar-refractivity contribution is 6.30. The minimum absolute atomic E-state index is 0.0468. The van der Waals surface area contributed by atoms with Crippen LogP contribution in [0.4, 0.5) is 0 Å². The number of hydrogen-bond donors (Lipinski definition) is 1. The van der Waals surface area contributed by atoms with Gasteiger partial charge in [-0.15, -0.1) is 0 Å². The first-order chi connectivity index (χ1) is 10.1. The van der Waals surface area contributed by atoms with Gasteiger partial charge in [-0.05, 0) is 52.9 Å². The van der Waals surface area contributed by atoms with Crippen molar-refractivity contribution >= 4 is 22.4 Å². The fraction of sp³-hybridized carbons (Fsp3) is 0.158. The molecule has 0 bridgehead atoms. The standard InChI is InChI=1S/C19H18ClN/c1-13-9-10-16(20)12-18(13)19(21)11-15-7-4-6-14-5-2-3-8-17(14)15/h2-10,12,19H,11,21H2,1H3. The van der Waals surface area contributed by atoms with Crippen molar-refractivity contribution in [3.05, 3.63) is 82.4 Å². The molecule has 0 aliphatic carbocycles. The Morgan fingerprint density at radius 3 is 2.62 bits per heavy atom. The molecule has 106 valence electrons. The molecule has 0 aromatic heterocycles. The van der Waals surface area contributed by atoms with Crippen molar-refractivity contribution in [1.82, 2.24) is 0 Å². The number of fused-ring (bicyclic) bond motifs is 1. The van der Waals surface area contributed by atoms with Gasteiger partial charge in [-0.3, -0.25) is 0 Å². The summed E-state index contributed by atoms with van der Waals surface area (Å²) >= 11 is 6.10. The minimum Gasteiger partial charge on any atom is -0.324 e. The highest BCUT2D eigenvalue weighted by atomic mass is 35.5. The van der Waals surface area contributed by atoms with Gasteiger partial charge < -0.3 is 5.73 Å². The van der Waals surface area contributed by atoms with E-state index in [1.165, 1.54) is 21.9 Å². The SMILES string of the molecule is Cc1ccc(Cl)cc1C(N)Cc1cccc2ccccc12. The average Bonchev–Trinajstić information content (AvgIpc) is 2.50. The maximum Gasteiger partial charge on any atom is 0.0409 e. The van der Waals surface area contributed by atoms with Crippen molar-refractivity contribution in [3.8, 4) is 0 Å². The second kappa shape index (κ2) is 5.88. The number of rotatable bonds is 3. The van der Waals surface area contributed by atoms with Crippen LogP contribution in [0.15, 0.2) is 60.7 Å². The third kappa shape index (κ3) is 2.94. The van der Waals surface area contributed by atoms with E-state index in [9.17, 15) is 0 Å². The van der Waals surface area contributed by atoms with Crippen molar-refractivity contribution in [3.63, 3.8) is 0 Å². The molecule has 2 heteroatoms. The quantitative estimate of drug-likeness (QED) is 0.719. The highest BCUT2D eigenvalue weighted by Crippen LogP contribution is 2.26. The lowest BCUT2D eigenvalue weighted by Crippen LogP contribution is -2.14. The summed E-state index contributed by atoms with van der Waals surface area (Å²) in [4.78, 5) is 0. The van der Waals surface area contributed by atoms with E-state index in [1.807, 2.05) is 18.2 Å². The van der Waals surface area contributed by atoms with Crippen molar-refractivity contribution in [2.24, 2.45) is 5.73 Å². The number of halogens is 1. The Kier molecular flexibility index (Phi) is 3.96. The van der Waals surface area contributed by atoms with Gasteiger partial charge in [0.1, 0.15) is 0 Å². The Morgan fingerprint density at radius 1 is 1.00 bits per heavy atom. The highest BCUT2D eigenvalue weighted by Gasteiger charge is 2.12. The Labute approximate surface area is 130 Å². The molecular weight excluding hydrogens is 278 g/mol. The second-order valence-corrected chi connectivity index (χ2v) is 5.89. The van der Waals surface area contributed by atoms with E-state index in [4.69, 9.17) is 17.3 Å². The molecule has 0 aliphatic rings. The monoisotopic (exact) mass is 295 g/mol. The van der Waals surface area contributed by atoms with E-state index >= 15 is 0 Å². The molecule has 0 saturated heterocycles. The zero-order valence-corrected chi connectivity index (χ0v) is 12.8. The summed E-state index contributed by atoms with van der Waals surface area (Å²) in [6.07, 6.45) is 0.808. The van der Waals surface area contributed by atoms with Gasteiger partial charge in [-0.25, -0.2) is 0 Å². The first kappa shape index (κ1) is 14.1. The number of hydrogen-bond acceptors (Lipinski definition) is 1. The molecule has 1 atom stereocenters. The van der Waals surface area contributed by atoms with Gasteiger partial charge in [0, 0.05) is 11.1 Å². The summed E-state index contributed by atoms with van der Waals surface area (Å²) in [5.41, 5.74) is 10.0. The third-order valence-corrected chi connectivity index (χ3v) is 4.20. The van der Waals surface area contributed by atoms with Gasteiger partial charge in [0.25, 0.3) is 0 Å². The molecular formula is C19H18ClN. The Bertz CT molecular complexity index is 774. The second-order valence-electron chi connectivity index (χ2n) is 5.45. The maximum absolute atomic E-state index is 6.43. The molecule has 0 heterocycles. The molecule has 21 heavy (non-hydrogen) atoms. The minimum atomic E-state index is -0.0468. The number of nitrogens with two attached hydrogens (primary N) is 1. The maximum atomic E-state index is 6.43. The van der Waals surface area contributed by atoms with Gasteiger partial charge in [0.15, 0.2) is 0 Å². The molecule has 1 nitrogen and oxygen atoms in total. The topological polar surface area (TPSA) is 26.0 Å². The first-order valence-corrected chi connectivity index (χ1v) is 7.51. The van der Waals surface area contributed by atoms with Crippen LogP contribution in [0.3, 0.4) is 0 Å². The van der Waals surface area contributed by atoms with Gasteiger partial charge >= 0.3 is 0 Å². The summed E-state index contributed by atoms with van der Waals surface area (Å²) in [5.74, 6) is 0. The van der Waals surface area contributed by atoms with Crippen molar-refractivity contribution in [1.29, 1.82) is 0 Å². The molecule has 2 N–H and O–H groups in total. The largest absolute Gasteiger partial charge is 0.324 e. The number of benzene rings is 3. The van der Waals surface area contributed by atoms with E-state index in [1.54, 1.807) is 0 Å². The molecule has 0 spiro atoms. The molecule has 0 aliphatic heterocycles. The lowest BCUT2D eigenvalue weighted by molar-refractivity contribution is 0.720. The Balaban J connectivity index is 1.96. The fourth-order valence-corrected chi connectivity index (χ4v) is 3.01. The molecule has 3 aromatic rings. The third-order valence-electron chi connectivity index (χ3n) is 3.96.